The molecule has 0 spiro atoms. The van der Waals surface area contributed by atoms with Crippen molar-refractivity contribution in [3.8, 4) is 0 Å². The van der Waals surface area contributed by atoms with Crippen LogP contribution in [0, 0.1) is 6.92 Å². The van der Waals surface area contributed by atoms with E-state index in [0.717, 1.165) is 0 Å². The van der Waals surface area contributed by atoms with Crippen LogP contribution in [0.1, 0.15) is 42.7 Å². The highest BCUT2D eigenvalue weighted by molar-refractivity contribution is 5.95. The summed E-state index contributed by atoms with van der Waals surface area (Å²) in [7, 11) is 0. The minimum absolute atomic E-state index is 0.0286. The van der Waals surface area contributed by atoms with Gasteiger partial charge in [0.2, 0.25) is 0 Å². The number of aromatic nitrogens is 1. The lowest BCUT2D eigenvalue weighted by molar-refractivity contribution is -0.137. The van der Waals surface area contributed by atoms with Crippen LogP contribution < -0.4 is 0 Å². The largest absolute Gasteiger partial charge is 0.481 e. The summed E-state index contributed by atoms with van der Waals surface area (Å²) < 4.78 is 0. The van der Waals surface area contributed by atoms with E-state index in [2.05, 4.69) is 4.98 Å². The van der Waals surface area contributed by atoms with Crippen molar-refractivity contribution in [2.45, 2.75) is 39.7 Å². The molecular weight excluding hydrogens is 244 g/mol. The van der Waals surface area contributed by atoms with Crippen LogP contribution >= 0.6 is 0 Å². The van der Waals surface area contributed by atoms with E-state index in [4.69, 9.17) is 5.11 Å². The number of hydrogen-bond donors (Lipinski definition) is 1. The van der Waals surface area contributed by atoms with Gasteiger partial charge in [0.05, 0.1) is 5.56 Å². The van der Waals surface area contributed by atoms with Gasteiger partial charge in [-0.1, -0.05) is 0 Å². The first-order chi connectivity index (χ1) is 8.93. The lowest BCUT2D eigenvalue weighted by Gasteiger charge is -2.27. The monoisotopic (exact) mass is 264 g/mol. The number of amides is 1. The van der Waals surface area contributed by atoms with Crippen molar-refractivity contribution in [3.05, 3.63) is 29.6 Å². The minimum atomic E-state index is -0.839. The average molecular weight is 264 g/mol. The Morgan fingerprint density at radius 2 is 2.11 bits per heavy atom. The molecule has 0 aliphatic rings. The first kappa shape index (κ1) is 15.1. The molecule has 104 valence electrons. The van der Waals surface area contributed by atoms with E-state index in [1.807, 2.05) is 13.8 Å². The molecule has 5 nitrogen and oxygen atoms in total. The molecule has 0 unspecified atom stereocenters. The van der Waals surface area contributed by atoms with Crippen LogP contribution in [0.15, 0.2) is 18.3 Å². The van der Waals surface area contributed by atoms with E-state index in [9.17, 15) is 9.59 Å². The second kappa shape index (κ2) is 6.87. The van der Waals surface area contributed by atoms with Gasteiger partial charge in [-0.15, -0.1) is 0 Å². The topological polar surface area (TPSA) is 70.5 Å². The highest BCUT2D eigenvalue weighted by atomic mass is 16.4. The predicted molar refractivity (Wildman–Crippen MR) is 72.0 cm³/mol. The molecule has 19 heavy (non-hydrogen) atoms. The van der Waals surface area contributed by atoms with E-state index < -0.39 is 5.97 Å². The molecule has 5 heteroatoms. The first-order valence-electron chi connectivity index (χ1n) is 6.38. The van der Waals surface area contributed by atoms with Gasteiger partial charge in [-0.05, 0) is 39.3 Å². The summed E-state index contributed by atoms with van der Waals surface area (Å²) >= 11 is 0. The number of rotatable bonds is 6. The molecule has 0 aromatic carbocycles. The number of carbonyl (C=O) groups is 2. The van der Waals surface area contributed by atoms with Gasteiger partial charge in [-0.3, -0.25) is 14.6 Å². The number of pyridine rings is 1. The Hall–Kier alpha value is -1.91. The third kappa shape index (κ3) is 4.35. The van der Waals surface area contributed by atoms with Crippen LogP contribution in [0.5, 0.6) is 0 Å². The third-order valence-electron chi connectivity index (χ3n) is 2.91. The summed E-state index contributed by atoms with van der Waals surface area (Å²) in [6, 6.07) is 3.51. The van der Waals surface area contributed by atoms with Crippen LogP contribution in [0.2, 0.25) is 0 Å². The average Bonchev–Trinajstić information content (AvgIpc) is 2.33. The standard InChI is InChI=1S/C14H20N2O3/c1-10(2)16(9-5-7-13(17)18)14(19)12-6-4-8-15-11(12)3/h4,6,8,10H,5,7,9H2,1-3H3,(H,17,18). The van der Waals surface area contributed by atoms with Gasteiger partial charge in [0, 0.05) is 30.9 Å². The van der Waals surface area contributed by atoms with Crippen LogP contribution in [0.25, 0.3) is 0 Å². The van der Waals surface area contributed by atoms with E-state index in [0.29, 0.717) is 24.2 Å². The minimum Gasteiger partial charge on any atom is -0.481 e. The summed E-state index contributed by atoms with van der Waals surface area (Å²) in [6.45, 7) is 6.08. The number of carboxylic acid groups (broad SMARTS) is 1. The fourth-order valence-corrected chi connectivity index (χ4v) is 1.86. The normalized spacial score (nSPS) is 10.5. The molecule has 1 aromatic rings. The molecule has 0 saturated heterocycles. The van der Waals surface area contributed by atoms with Gasteiger partial charge >= 0.3 is 5.97 Å². The van der Waals surface area contributed by atoms with Crippen LogP contribution in [0.3, 0.4) is 0 Å². The van der Waals surface area contributed by atoms with Crippen molar-refractivity contribution < 1.29 is 14.7 Å². The zero-order chi connectivity index (χ0) is 14.4. The van der Waals surface area contributed by atoms with Crippen molar-refractivity contribution in [1.82, 2.24) is 9.88 Å². The summed E-state index contributed by atoms with van der Waals surface area (Å²) in [6.07, 6.45) is 2.18. The lowest BCUT2D eigenvalue weighted by Crippen LogP contribution is -2.38. The Morgan fingerprint density at radius 1 is 1.42 bits per heavy atom. The summed E-state index contributed by atoms with van der Waals surface area (Å²) in [5.74, 6) is -0.931. The Kier molecular flexibility index (Phi) is 5.48. The summed E-state index contributed by atoms with van der Waals surface area (Å²) in [5.41, 5.74) is 1.27. The van der Waals surface area contributed by atoms with Crippen molar-refractivity contribution in [2.24, 2.45) is 0 Å². The molecule has 0 aliphatic carbocycles. The van der Waals surface area contributed by atoms with Crippen LogP contribution in [-0.4, -0.2) is 39.5 Å². The summed E-state index contributed by atoms with van der Waals surface area (Å²) in [5, 5.41) is 8.65. The third-order valence-corrected chi connectivity index (χ3v) is 2.91. The molecule has 0 atom stereocenters. The SMILES string of the molecule is Cc1ncccc1C(=O)N(CCCC(=O)O)C(C)C. The van der Waals surface area contributed by atoms with E-state index in [-0.39, 0.29) is 18.4 Å². The Morgan fingerprint density at radius 3 is 2.63 bits per heavy atom. The van der Waals surface area contributed by atoms with Crippen LogP contribution in [0.4, 0.5) is 0 Å². The number of carbonyl (C=O) groups excluding carboxylic acids is 1. The fourth-order valence-electron chi connectivity index (χ4n) is 1.86. The van der Waals surface area contributed by atoms with Crippen molar-refractivity contribution in [1.29, 1.82) is 0 Å². The Labute approximate surface area is 113 Å². The van der Waals surface area contributed by atoms with Gasteiger partial charge in [0.25, 0.3) is 5.91 Å². The number of aliphatic carboxylic acids is 1. The maximum Gasteiger partial charge on any atom is 0.303 e. The van der Waals surface area contributed by atoms with Gasteiger partial charge < -0.3 is 10.0 Å². The van der Waals surface area contributed by atoms with Crippen LogP contribution in [-0.2, 0) is 4.79 Å². The van der Waals surface area contributed by atoms with E-state index >= 15 is 0 Å². The van der Waals surface area contributed by atoms with Crippen molar-refractivity contribution in [3.63, 3.8) is 0 Å². The van der Waals surface area contributed by atoms with Gasteiger partial charge in [-0.25, -0.2) is 0 Å². The fraction of sp³-hybridized carbons (Fsp3) is 0.500. The number of nitrogens with zero attached hydrogens (tertiary/aromatic N) is 2. The molecule has 1 rings (SSSR count). The maximum absolute atomic E-state index is 12.4. The second-order valence-electron chi connectivity index (χ2n) is 4.73. The first-order valence-corrected chi connectivity index (χ1v) is 6.38. The molecule has 1 N–H and O–H groups in total. The van der Waals surface area contributed by atoms with E-state index in [1.165, 1.54) is 0 Å². The highest BCUT2D eigenvalue weighted by Gasteiger charge is 2.20. The molecule has 0 bridgehead atoms. The number of aryl methyl sites for hydroxylation is 1. The molecule has 1 aromatic heterocycles. The Bertz CT molecular complexity index is 458. The summed E-state index contributed by atoms with van der Waals surface area (Å²) in [4.78, 5) is 28.7. The Balaban J connectivity index is 2.79. The van der Waals surface area contributed by atoms with E-state index in [1.54, 1.807) is 30.2 Å². The highest BCUT2D eigenvalue weighted by Crippen LogP contribution is 2.12. The number of hydrogen-bond acceptors (Lipinski definition) is 3. The molecule has 0 saturated carbocycles. The molecule has 1 amide bonds. The molecular formula is C14H20N2O3. The number of carboxylic acids is 1. The lowest BCUT2D eigenvalue weighted by atomic mass is 10.1. The zero-order valence-electron chi connectivity index (χ0n) is 11.6. The van der Waals surface area contributed by atoms with Crippen molar-refractivity contribution in [2.75, 3.05) is 6.54 Å². The molecule has 0 aliphatic heterocycles. The molecule has 0 radical (unpaired) electrons. The maximum atomic E-state index is 12.4. The predicted octanol–water partition coefficient (Wildman–Crippen LogP) is 2.11. The van der Waals surface area contributed by atoms with Crippen molar-refractivity contribution >= 4 is 11.9 Å². The zero-order valence-corrected chi connectivity index (χ0v) is 11.6. The van der Waals surface area contributed by atoms with Gasteiger partial charge in [-0.2, -0.15) is 0 Å². The van der Waals surface area contributed by atoms with Gasteiger partial charge in [0.1, 0.15) is 0 Å². The quantitative estimate of drug-likeness (QED) is 0.854. The molecule has 0 fully saturated rings. The second-order valence-corrected chi connectivity index (χ2v) is 4.73. The van der Waals surface area contributed by atoms with Gasteiger partial charge in [0.15, 0.2) is 0 Å². The smallest absolute Gasteiger partial charge is 0.303 e. The molecule has 1 heterocycles.